The van der Waals surface area contributed by atoms with Gasteiger partial charge in [-0.25, -0.2) is 4.98 Å². The Morgan fingerprint density at radius 3 is 2.63 bits per heavy atom. The number of nitrogens with zero attached hydrogens (tertiary/aromatic N) is 3. The summed E-state index contributed by atoms with van der Waals surface area (Å²) >= 11 is 0. The SMILES string of the molecule is CCCC(C)c1c(-c2ccccc2)ncn1CCCOC1CCN(C)CC1. The smallest absolute Gasteiger partial charge is 0.0956 e. The zero-order valence-electron chi connectivity index (χ0n) is 17.2. The lowest BCUT2D eigenvalue weighted by molar-refractivity contribution is 0.0102. The Morgan fingerprint density at radius 2 is 1.93 bits per heavy atom. The van der Waals surface area contributed by atoms with Gasteiger partial charge in [0.1, 0.15) is 0 Å². The molecule has 0 amide bonds. The predicted molar refractivity (Wildman–Crippen MR) is 112 cm³/mol. The molecule has 148 valence electrons. The van der Waals surface area contributed by atoms with E-state index in [-0.39, 0.29) is 0 Å². The summed E-state index contributed by atoms with van der Waals surface area (Å²) in [6, 6.07) is 10.6. The van der Waals surface area contributed by atoms with Crippen molar-refractivity contribution in [2.45, 2.75) is 64.5 Å². The van der Waals surface area contributed by atoms with Crippen LogP contribution < -0.4 is 0 Å². The van der Waals surface area contributed by atoms with Crippen molar-refractivity contribution in [1.82, 2.24) is 14.5 Å². The second-order valence-corrected chi connectivity index (χ2v) is 7.95. The molecule has 1 saturated heterocycles. The minimum Gasteiger partial charge on any atom is -0.378 e. The van der Waals surface area contributed by atoms with Crippen LogP contribution in [0.5, 0.6) is 0 Å². The monoisotopic (exact) mass is 369 g/mol. The van der Waals surface area contributed by atoms with Gasteiger partial charge >= 0.3 is 0 Å². The number of likely N-dealkylation sites (tertiary alicyclic amines) is 1. The normalized spacial score (nSPS) is 17.3. The summed E-state index contributed by atoms with van der Waals surface area (Å²) in [5, 5.41) is 0. The van der Waals surface area contributed by atoms with Crippen molar-refractivity contribution in [3.8, 4) is 11.3 Å². The summed E-state index contributed by atoms with van der Waals surface area (Å²) in [4.78, 5) is 7.17. The molecule has 1 fully saturated rings. The maximum atomic E-state index is 6.13. The van der Waals surface area contributed by atoms with Crippen LogP contribution in [0.1, 0.15) is 57.6 Å². The van der Waals surface area contributed by atoms with Crippen LogP contribution in [0.2, 0.25) is 0 Å². The molecule has 0 radical (unpaired) electrons. The minimum absolute atomic E-state index is 0.447. The van der Waals surface area contributed by atoms with E-state index in [1.807, 2.05) is 6.33 Å². The fourth-order valence-electron chi connectivity index (χ4n) is 4.11. The van der Waals surface area contributed by atoms with Gasteiger partial charge in [0.15, 0.2) is 0 Å². The fourth-order valence-corrected chi connectivity index (χ4v) is 4.11. The van der Waals surface area contributed by atoms with E-state index in [0.29, 0.717) is 12.0 Å². The summed E-state index contributed by atoms with van der Waals surface area (Å²) in [7, 11) is 2.19. The molecular weight excluding hydrogens is 334 g/mol. The molecule has 4 heteroatoms. The number of piperidine rings is 1. The molecule has 4 nitrogen and oxygen atoms in total. The highest BCUT2D eigenvalue weighted by atomic mass is 16.5. The fraction of sp³-hybridized carbons (Fsp3) is 0.609. The summed E-state index contributed by atoms with van der Waals surface area (Å²) in [5.41, 5.74) is 3.74. The molecule has 1 unspecified atom stereocenters. The molecule has 1 atom stereocenters. The summed E-state index contributed by atoms with van der Waals surface area (Å²) in [6.45, 7) is 8.73. The zero-order valence-corrected chi connectivity index (χ0v) is 17.2. The number of rotatable bonds is 9. The Hall–Kier alpha value is -1.65. The Balaban J connectivity index is 1.61. The van der Waals surface area contributed by atoms with Crippen molar-refractivity contribution in [3.63, 3.8) is 0 Å². The van der Waals surface area contributed by atoms with Gasteiger partial charge in [-0.15, -0.1) is 0 Å². The topological polar surface area (TPSA) is 30.3 Å². The molecular formula is C23H35N3O. The highest BCUT2D eigenvalue weighted by Crippen LogP contribution is 2.31. The molecule has 0 spiro atoms. The second-order valence-electron chi connectivity index (χ2n) is 7.95. The van der Waals surface area contributed by atoms with Crippen LogP contribution in [-0.2, 0) is 11.3 Å². The average molecular weight is 370 g/mol. The Bertz CT molecular complexity index is 674. The van der Waals surface area contributed by atoms with Gasteiger partial charge in [-0.1, -0.05) is 50.6 Å². The third-order valence-electron chi connectivity index (χ3n) is 5.68. The number of aromatic nitrogens is 2. The van der Waals surface area contributed by atoms with Crippen molar-refractivity contribution in [3.05, 3.63) is 42.4 Å². The van der Waals surface area contributed by atoms with E-state index >= 15 is 0 Å². The molecule has 1 aliphatic heterocycles. The third-order valence-corrected chi connectivity index (χ3v) is 5.68. The first-order valence-corrected chi connectivity index (χ1v) is 10.6. The third kappa shape index (κ3) is 5.43. The van der Waals surface area contributed by atoms with Crippen LogP contribution in [0.3, 0.4) is 0 Å². The standard InChI is InChI=1S/C23H35N3O/c1-4-9-19(2)23-22(20-10-6-5-7-11-20)24-18-26(23)14-8-17-27-21-12-15-25(3)16-13-21/h5-7,10-11,18-19,21H,4,8-9,12-17H2,1-3H3. The molecule has 2 aromatic rings. The zero-order chi connectivity index (χ0) is 19.1. The highest BCUT2D eigenvalue weighted by Gasteiger charge is 2.19. The van der Waals surface area contributed by atoms with Gasteiger partial charge in [0.25, 0.3) is 0 Å². The van der Waals surface area contributed by atoms with Crippen LogP contribution >= 0.6 is 0 Å². The lowest BCUT2D eigenvalue weighted by atomic mass is 9.97. The van der Waals surface area contributed by atoms with E-state index in [2.05, 4.69) is 60.7 Å². The van der Waals surface area contributed by atoms with Crippen molar-refractivity contribution >= 4 is 0 Å². The van der Waals surface area contributed by atoms with E-state index in [0.717, 1.165) is 38.4 Å². The molecule has 1 aliphatic rings. The van der Waals surface area contributed by atoms with Crippen LogP contribution in [0.25, 0.3) is 11.3 Å². The second kappa shape index (κ2) is 10.0. The van der Waals surface area contributed by atoms with Crippen LogP contribution in [0.4, 0.5) is 0 Å². The van der Waals surface area contributed by atoms with Gasteiger partial charge in [0.05, 0.1) is 18.1 Å². The van der Waals surface area contributed by atoms with Gasteiger partial charge in [-0.05, 0) is 38.6 Å². The average Bonchev–Trinajstić information content (AvgIpc) is 3.11. The molecule has 0 saturated carbocycles. The van der Waals surface area contributed by atoms with Crippen LogP contribution in [0.15, 0.2) is 36.7 Å². The Labute approximate surface area is 164 Å². The molecule has 1 aromatic heterocycles. The molecule has 1 aromatic carbocycles. The maximum Gasteiger partial charge on any atom is 0.0956 e. The lowest BCUT2D eigenvalue weighted by Gasteiger charge is -2.29. The number of hydrogen-bond acceptors (Lipinski definition) is 3. The van der Waals surface area contributed by atoms with Crippen molar-refractivity contribution in [1.29, 1.82) is 0 Å². The number of ether oxygens (including phenoxy) is 1. The molecule has 2 heterocycles. The summed E-state index contributed by atoms with van der Waals surface area (Å²) in [5.74, 6) is 0.516. The van der Waals surface area contributed by atoms with Gasteiger partial charge in [-0.2, -0.15) is 0 Å². The summed E-state index contributed by atoms with van der Waals surface area (Å²) in [6.07, 6.45) is 8.23. The van der Waals surface area contributed by atoms with E-state index < -0.39 is 0 Å². The Kier molecular flexibility index (Phi) is 7.48. The van der Waals surface area contributed by atoms with E-state index in [9.17, 15) is 0 Å². The quantitative estimate of drug-likeness (QED) is 0.586. The van der Waals surface area contributed by atoms with E-state index in [1.165, 1.54) is 36.9 Å². The first kappa shape index (κ1) is 20.1. The number of aryl methyl sites for hydroxylation is 1. The molecule has 3 rings (SSSR count). The first-order chi connectivity index (χ1) is 13.2. The van der Waals surface area contributed by atoms with Gasteiger partial charge < -0.3 is 14.2 Å². The van der Waals surface area contributed by atoms with Crippen molar-refractivity contribution in [2.75, 3.05) is 26.7 Å². The van der Waals surface area contributed by atoms with E-state index in [1.54, 1.807) is 0 Å². The number of benzene rings is 1. The Morgan fingerprint density at radius 1 is 1.19 bits per heavy atom. The lowest BCUT2D eigenvalue weighted by Crippen LogP contribution is -2.34. The van der Waals surface area contributed by atoms with Crippen molar-refractivity contribution < 1.29 is 4.74 Å². The van der Waals surface area contributed by atoms with Crippen LogP contribution in [0, 0.1) is 0 Å². The molecule has 0 bridgehead atoms. The van der Waals surface area contributed by atoms with Crippen molar-refractivity contribution in [2.24, 2.45) is 0 Å². The molecule has 0 aliphatic carbocycles. The predicted octanol–water partition coefficient (Wildman–Crippen LogP) is 4.95. The molecule has 27 heavy (non-hydrogen) atoms. The van der Waals surface area contributed by atoms with Gasteiger partial charge in [-0.3, -0.25) is 0 Å². The minimum atomic E-state index is 0.447. The van der Waals surface area contributed by atoms with Gasteiger partial charge in [0.2, 0.25) is 0 Å². The first-order valence-electron chi connectivity index (χ1n) is 10.6. The van der Waals surface area contributed by atoms with Gasteiger partial charge in [0, 0.05) is 37.5 Å². The molecule has 0 N–H and O–H groups in total. The van der Waals surface area contributed by atoms with Crippen LogP contribution in [-0.4, -0.2) is 47.3 Å². The summed E-state index contributed by atoms with van der Waals surface area (Å²) < 4.78 is 8.49. The number of hydrogen-bond donors (Lipinski definition) is 0. The maximum absolute atomic E-state index is 6.13. The number of imidazole rings is 1. The highest BCUT2D eigenvalue weighted by molar-refractivity contribution is 5.62. The largest absolute Gasteiger partial charge is 0.378 e. The van der Waals surface area contributed by atoms with E-state index in [4.69, 9.17) is 9.72 Å².